The van der Waals surface area contributed by atoms with E-state index in [1.54, 1.807) is 0 Å². The average molecular weight is 248 g/mol. The van der Waals surface area contributed by atoms with Gasteiger partial charge in [0.05, 0.1) is 6.61 Å². The van der Waals surface area contributed by atoms with Crippen LogP contribution in [0.25, 0.3) is 0 Å². The second-order valence-electron chi connectivity index (χ2n) is 3.49. The van der Waals surface area contributed by atoms with Gasteiger partial charge >= 0.3 is 5.97 Å². The first-order chi connectivity index (χ1) is 7.93. The molecule has 0 aliphatic rings. The summed E-state index contributed by atoms with van der Waals surface area (Å²) in [6.07, 6.45) is 1.85. The molecule has 0 saturated heterocycles. The molecule has 0 saturated carbocycles. The number of carbonyl (C=O) groups excluding carboxylic acids is 1. The first-order valence-corrected chi connectivity index (χ1v) is 5.23. The lowest BCUT2D eigenvalue weighted by atomic mass is 10.2. The van der Waals surface area contributed by atoms with Gasteiger partial charge in [-0.3, -0.25) is 9.59 Å². The maximum Gasteiger partial charge on any atom is 0.325 e. The highest BCUT2D eigenvalue weighted by Crippen LogP contribution is 2.00. The second-order valence-corrected chi connectivity index (χ2v) is 3.49. The molecule has 0 aliphatic carbocycles. The largest absolute Gasteiger partial charge is 0.480 e. The number of nitrogens with zero attached hydrogens (tertiary/aromatic N) is 1. The van der Waals surface area contributed by atoms with Gasteiger partial charge in [-0.15, -0.1) is 10.1 Å². The summed E-state index contributed by atoms with van der Waals surface area (Å²) < 4.78 is 0. The van der Waals surface area contributed by atoms with Gasteiger partial charge in [0.25, 0.3) is 5.09 Å². The van der Waals surface area contributed by atoms with Crippen LogP contribution in [0.5, 0.6) is 0 Å². The molecule has 0 bridgehead atoms. The van der Waals surface area contributed by atoms with Gasteiger partial charge in [-0.05, 0) is 19.8 Å². The number of hydrogen-bond donors (Lipinski definition) is 2. The van der Waals surface area contributed by atoms with Crippen molar-refractivity contribution in [2.45, 2.75) is 38.6 Å². The molecule has 1 amide bonds. The third-order valence-electron chi connectivity index (χ3n) is 1.99. The monoisotopic (exact) mass is 248 g/mol. The van der Waals surface area contributed by atoms with Crippen LogP contribution in [-0.4, -0.2) is 34.7 Å². The van der Waals surface area contributed by atoms with E-state index in [1.165, 1.54) is 6.92 Å². The van der Waals surface area contributed by atoms with Crippen molar-refractivity contribution in [1.82, 2.24) is 5.32 Å². The number of amides is 1. The Morgan fingerprint density at radius 1 is 1.41 bits per heavy atom. The lowest BCUT2D eigenvalue weighted by Crippen LogP contribution is -2.38. The van der Waals surface area contributed by atoms with E-state index < -0.39 is 17.1 Å². The highest BCUT2D eigenvalue weighted by atomic mass is 16.9. The van der Waals surface area contributed by atoms with E-state index in [9.17, 15) is 19.7 Å². The number of carboxylic acids is 1. The van der Waals surface area contributed by atoms with Crippen molar-refractivity contribution in [3.63, 3.8) is 0 Å². The summed E-state index contributed by atoms with van der Waals surface area (Å²) in [4.78, 5) is 35.5. The van der Waals surface area contributed by atoms with Crippen LogP contribution in [0.1, 0.15) is 32.6 Å². The smallest absolute Gasteiger partial charge is 0.325 e. The third kappa shape index (κ3) is 9.09. The van der Waals surface area contributed by atoms with Crippen molar-refractivity contribution in [2.24, 2.45) is 0 Å². The summed E-state index contributed by atoms with van der Waals surface area (Å²) in [5.74, 6) is -1.42. The zero-order valence-corrected chi connectivity index (χ0v) is 9.55. The Kier molecular flexibility index (Phi) is 7.40. The Balaban J connectivity index is 3.45. The van der Waals surface area contributed by atoms with E-state index in [-0.39, 0.29) is 18.9 Å². The molecule has 0 radical (unpaired) electrons. The van der Waals surface area contributed by atoms with E-state index in [2.05, 4.69) is 10.2 Å². The van der Waals surface area contributed by atoms with Crippen LogP contribution in [-0.2, 0) is 14.4 Å². The molecular formula is C9H16N2O6. The third-order valence-corrected chi connectivity index (χ3v) is 1.99. The van der Waals surface area contributed by atoms with Gasteiger partial charge in [0.1, 0.15) is 6.04 Å². The normalized spacial score (nSPS) is 11.6. The van der Waals surface area contributed by atoms with Crippen molar-refractivity contribution in [3.05, 3.63) is 10.1 Å². The highest BCUT2D eigenvalue weighted by molar-refractivity contribution is 5.83. The van der Waals surface area contributed by atoms with Crippen molar-refractivity contribution in [1.29, 1.82) is 0 Å². The Morgan fingerprint density at radius 2 is 2.06 bits per heavy atom. The van der Waals surface area contributed by atoms with E-state index in [0.29, 0.717) is 19.3 Å². The number of rotatable bonds is 9. The maximum atomic E-state index is 11.2. The molecule has 0 aliphatic heterocycles. The van der Waals surface area contributed by atoms with Gasteiger partial charge < -0.3 is 15.3 Å². The molecule has 0 heterocycles. The molecule has 0 rings (SSSR count). The summed E-state index contributed by atoms with van der Waals surface area (Å²) in [6.45, 7) is 1.39. The first kappa shape index (κ1) is 15.1. The number of aliphatic carboxylic acids is 1. The van der Waals surface area contributed by atoms with Crippen molar-refractivity contribution < 1.29 is 24.6 Å². The molecule has 8 heteroatoms. The number of carboxylic acid groups (broad SMARTS) is 1. The molecule has 0 fully saturated rings. The molecule has 0 aromatic rings. The standard InChI is InChI=1S/C9H16N2O6/c1-7(9(13)14)10-8(12)5-3-2-4-6-17-11(15)16/h7H,2-6H2,1H3,(H,10,12)(H,13,14). The van der Waals surface area contributed by atoms with Crippen molar-refractivity contribution in [3.8, 4) is 0 Å². The summed E-state index contributed by atoms with van der Waals surface area (Å²) in [6, 6.07) is -0.902. The fourth-order valence-electron chi connectivity index (χ4n) is 1.08. The van der Waals surface area contributed by atoms with Crippen molar-refractivity contribution in [2.75, 3.05) is 6.61 Å². The predicted molar refractivity (Wildman–Crippen MR) is 56.7 cm³/mol. The molecule has 17 heavy (non-hydrogen) atoms. The summed E-state index contributed by atoms with van der Waals surface area (Å²) in [5.41, 5.74) is 0. The number of unbranched alkanes of at least 4 members (excludes halogenated alkanes) is 2. The zero-order valence-electron chi connectivity index (χ0n) is 9.55. The van der Waals surface area contributed by atoms with E-state index >= 15 is 0 Å². The predicted octanol–water partition coefficient (Wildman–Crippen LogP) is 0.344. The van der Waals surface area contributed by atoms with Crippen molar-refractivity contribution >= 4 is 11.9 Å². The summed E-state index contributed by atoms with van der Waals surface area (Å²) in [5, 5.41) is 19.8. The van der Waals surface area contributed by atoms with Crippen LogP contribution in [0.4, 0.5) is 0 Å². The van der Waals surface area contributed by atoms with Crippen LogP contribution in [0.3, 0.4) is 0 Å². The summed E-state index contributed by atoms with van der Waals surface area (Å²) >= 11 is 0. The maximum absolute atomic E-state index is 11.2. The van der Waals surface area contributed by atoms with Crippen LogP contribution < -0.4 is 5.32 Å². The number of carbonyl (C=O) groups is 2. The van der Waals surface area contributed by atoms with E-state index in [1.807, 2.05) is 0 Å². The minimum absolute atomic E-state index is 0.0140. The van der Waals surface area contributed by atoms with Crippen LogP contribution in [0, 0.1) is 10.1 Å². The Morgan fingerprint density at radius 3 is 2.59 bits per heavy atom. The first-order valence-electron chi connectivity index (χ1n) is 5.23. The molecular weight excluding hydrogens is 232 g/mol. The number of nitrogens with one attached hydrogen (secondary N) is 1. The highest BCUT2D eigenvalue weighted by Gasteiger charge is 2.12. The minimum atomic E-state index is -1.09. The van der Waals surface area contributed by atoms with Gasteiger partial charge in [0.15, 0.2) is 0 Å². The fraction of sp³-hybridized carbons (Fsp3) is 0.778. The van der Waals surface area contributed by atoms with Crippen LogP contribution in [0.15, 0.2) is 0 Å². The quantitative estimate of drug-likeness (QED) is 0.345. The van der Waals surface area contributed by atoms with Gasteiger partial charge in [0.2, 0.25) is 5.91 Å². The molecule has 0 spiro atoms. The topological polar surface area (TPSA) is 119 Å². The zero-order chi connectivity index (χ0) is 13.3. The molecule has 0 aromatic heterocycles. The molecule has 1 atom stereocenters. The molecule has 0 aromatic carbocycles. The van der Waals surface area contributed by atoms with Crippen LogP contribution in [0.2, 0.25) is 0 Å². The Hall–Kier alpha value is -1.86. The van der Waals surface area contributed by atoms with Crippen LogP contribution >= 0.6 is 0 Å². The molecule has 8 nitrogen and oxygen atoms in total. The van der Waals surface area contributed by atoms with Gasteiger partial charge in [0, 0.05) is 6.42 Å². The molecule has 1 unspecified atom stereocenters. The van der Waals surface area contributed by atoms with E-state index in [0.717, 1.165) is 0 Å². The Bertz CT molecular complexity index is 281. The molecule has 98 valence electrons. The molecule has 2 N–H and O–H groups in total. The van der Waals surface area contributed by atoms with Gasteiger partial charge in [-0.1, -0.05) is 6.42 Å². The lowest BCUT2D eigenvalue weighted by Gasteiger charge is -2.08. The SMILES string of the molecule is CC(NC(=O)CCCCCO[N+](=O)[O-])C(=O)O. The minimum Gasteiger partial charge on any atom is -0.480 e. The number of hydrogen-bond acceptors (Lipinski definition) is 5. The second kappa shape index (κ2) is 8.31. The Labute approximate surface area is 98.0 Å². The fourth-order valence-corrected chi connectivity index (χ4v) is 1.08. The van der Waals surface area contributed by atoms with Gasteiger partial charge in [-0.25, -0.2) is 0 Å². The lowest BCUT2D eigenvalue weighted by molar-refractivity contribution is -0.757. The summed E-state index contributed by atoms with van der Waals surface area (Å²) in [7, 11) is 0. The average Bonchev–Trinajstić information content (AvgIpc) is 2.22. The van der Waals surface area contributed by atoms with E-state index in [4.69, 9.17) is 5.11 Å². The van der Waals surface area contributed by atoms with Gasteiger partial charge in [-0.2, -0.15) is 0 Å².